The number of hydrogen-bond acceptors (Lipinski definition) is 6. The Balaban J connectivity index is 1.53. The lowest BCUT2D eigenvalue weighted by molar-refractivity contribution is 0.0600. The monoisotopic (exact) mass is 413 g/mol. The van der Waals surface area contributed by atoms with Gasteiger partial charge in [-0.25, -0.2) is 9.59 Å². The average Bonchev–Trinajstić information content (AvgIpc) is 2.79. The molecule has 8 heteroatoms. The van der Waals surface area contributed by atoms with Gasteiger partial charge in [0.1, 0.15) is 0 Å². The van der Waals surface area contributed by atoms with Crippen molar-refractivity contribution in [1.29, 1.82) is 0 Å². The molecule has 0 atom stereocenters. The molecule has 1 fully saturated rings. The fraction of sp³-hybridized carbons (Fsp3) is 0.364. The largest absolute Gasteiger partial charge is 0.493 e. The van der Waals surface area contributed by atoms with Crippen molar-refractivity contribution in [1.82, 2.24) is 9.80 Å². The van der Waals surface area contributed by atoms with Crippen LogP contribution in [-0.2, 0) is 11.3 Å². The maximum absolute atomic E-state index is 12.6. The lowest BCUT2D eigenvalue weighted by Crippen LogP contribution is -2.49. The van der Waals surface area contributed by atoms with Crippen LogP contribution in [0, 0.1) is 0 Å². The Morgan fingerprint density at radius 3 is 2.33 bits per heavy atom. The molecule has 0 aliphatic carbocycles. The quantitative estimate of drug-likeness (QED) is 0.734. The summed E-state index contributed by atoms with van der Waals surface area (Å²) < 4.78 is 15.4. The van der Waals surface area contributed by atoms with E-state index in [1.807, 2.05) is 18.2 Å². The number of carbonyl (C=O) groups is 2. The van der Waals surface area contributed by atoms with Crippen molar-refractivity contribution in [3.05, 3.63) is 53.6 Å². The third kappa shape index (κ3) is 5.21. The van der Waals surface area contributed by atoms with Crippen molar-refractivity contribution in [3.63, 3.8) is 0 Å². The van der Waals surface area contributed by atoms with E-state index in [9.17, 15) is 9.59 Å². The lowest BCUT2D eigenvalue weighted by Gasteiger charge is -2.34. The van der Waals surface area contributed by atoms with E-state index in [2.05, 4.69) is 10.2 Å². The number of benzene rings is 2. The molecule has 1 saturated heterocycles. The topological polar surface area (TPSA) is 80.3 Å². The van der Waals surface area contributed by atoms with Crippen molar-refractivity contribution in [2.75, 3.05) is 52.8 Å². The summed E-state index contributed by atoms with van der Waals surface area (Å²) >= 11 is 0. The molecular weight excluding hydrogens is 386 g/mol. The Labute approximate surface area is 176 Å². The Kier molecular flexibility index (Phi) is 7.13. The van der Waals surface area contributed by atoms with E-state index in [0.717, 1.165) is 25.2 Å². The van der Waals surface area contributed by atoms with Gasteiger partial charge < -0.3 is 24.4 Å². The van der Waals surface area contributed by atoms with Crippen molar-refractivity contribution in [2.45, 2.75) is 6.54 Å². The molecule has 1 aliphatic rings. The molecule has 3 rings (SSSR count). The van der Waals surface area contributed by atoms with Gasteiger partial charge in [0.25, 0.3) is 0 Å². The number of carbonyl (C=O) groups excluding carboxylic acids is 2. The molecule has 8 nitrogen and oxygen atoms in total. The van der Waals surface area contributed by atoms with E-state index in [-0.39, 0.29) is 6.03 Å². The minimum atomic E-state index is -0.435. The smallest absolute Gasteiger partial charge is 0.337 e. The van der Waals surface area contributed by atoms with Crippen LogP contribution in [0.3, 0.4) is 0 Å². The predicted octanol–water partition coefficient (Wildman–Crippen LogP) is 2.84. The second-order valence-corrected chi connectivity index (χ2v) is 6.96. The molecule has 0 radical (unpaired) electrons. The highest BCUT2D eigenvalue weighted by atomic mass is 16.5. The van der Waals surface area contributed by atoms with Gasteiger partial charge in [0.2, 0.25) is 0 Å². The van der Waals surface area contributed by atoms with Crippen molar-refractivity contribution in [3.8, 4) is 11.5 Å². The first-order chi connectivity index (χ1) is 14.5. The van der Waals surface area contributed by atoms with Gasteiger partial charge in [0.05, 0.1) is 26.9 Å². The molecule has 0 saturated carbocycles. The minimum absolute atomic E-state index is 0.178. The van der Waals surface area contributed by atoms with Gasteiger partial charge in [-0.3, -0.25) is 4.90 Å². The van der Waals surface area contributed by atoms with E-state index < -0.39 is 5.97 Å². The van der Waals surface area contributed by atoms with Crippen LogP contribution in [-0.4, -0.2) is 69.3 Å². The average molecular weight is 413 g/mol. The third-order valence-corrected chi connectivity index (χ3v) is 5.05. The summed E-state index contributed by atoms with van der Waals surface area (Å²) in [7, 11) is 4.57. The Morgan fingerprint density at radius 1 is 0.933 bits per heavy atom. The molecule has 160 valence electrons. The normalized spacial score (nSPS) is 14.2. The lowest BCUT2D eigenvalue weighted by atomic mass is 10.1. The SMILES string of the molecule is COC(=O)c1cccc(NC(=O)N2CCN(Cc3ccc(OC)c(OC)c3)CC2)c1. The fourth-order valence-corrected chi connectivity index (χ4v) is 3.39. The number of hydrogen-bond donors (Lipinski definition) is 1. The van der Waals surface area contributed by atoms with Gasteiger partial charge in [0, 0.05) is 38.4 Å². The van der Waals surface area contributed by atoms with Crippen LogP contribution in [0.1, 0.15) is 15.9 Å². The van der Waals surface area contributed by atoms with Gasteiger partial charge in [-0.15, -0.1) is 0 Å². The van der Waals surface area contributed by atoms with Crippen LogP contribution in [0.4, 0.5) is 10.5 Å². The molecular formula is C22H27N3O5. The van der Waals surface area contributed by atoms with Crippen LogP contribution in [0.5, 0.6) is 11.5 Å². The van der Waals surface area contributed by atoms with E-state index in [4.69, 9.17) is 14.2 Å². The van der Waals surface area contributed by atoms with Crippen LogP contribution in [0.25, 0.3) is 0 Å². The summed E-state index contributed by atoms with van der Waals surface area (Å²) in [6, 6.07) is 12.4. The second-order valence-electron chi connectivity index (χ2n) is 6.96. The summed E-state index contributed by atoms with van der Waals surface area (Å²) in [4.78, 5) is 28.3. The third-order valence-electron chi connectivity index (χ3n) is 5.05. The van der Waals surface area contributed by atoms with E-state index in [1.165, 1.54) is 7.11 Å². The zero-order valence-electron chi connectivity index (χ0n) is 17.5. The first kappa shape index (κ1) is 21.4. The van der Waals surface area contributed by atoms with Crippen LogP contribution in [0.2, 0.25) is 0 Å². The zero-order chi connectivity index (χ0) is 21.5. The van der Waals surface area contributed by atoms with Crippen molar-refractivity contribution in [2.24, 2.45) is 0 Å². The standard InChI is InChI=1S/C22H27N3O5/c1-28-19-8-7-16(13-20(19)29-2)15-24-9-11-25(12-10-24)22(27)23-18-6-4-5-17(14-18)21(26)30-3/h4-8,13-14H,9-12,15H2,1-3H3,(H,23,27). The summed E-state index contributed by atoms with van der Waals surface area (Å²) in [5.41, 5.74) is 2.09. The number of piperazine rings is 1. The van der Waals surface area contributed by atoms with E-state index in [0.29, 0.717) is 35.8 Å². The molecule has 1 N–H and O–H groups in total. The Hall–Kier alpha value is -3.26. The van der Waals surface area contributed by atoms with Gasteiger partial charge in [-0.05, 0) is 35.9 Å². The number of esters is 1. The predicted molar refractivity (Wildman–Crippen MR) is 113 cm³/mol. The highest BCUT2D eigenvalue weighted by molar-refractivity contribution is 5.93. The number of amides is 2. The second kappa shape index (κ2) is 9.98. The maximum Gasteiger partial charge on any atom is 0.337 e. The molecule has 2 aromatic carbocycles. The number of ether oxygens (including phenoxy) is 3. The number of nitrogens with one attached hydrogen (secondary N) is 1. The highest BCUT2D eigenvalue weighted by Gasteiger charge is 2.22. The van der Waals surface area contributed by atoms with Crippen molar-refractivity contribution < 1.29 is 23.8 Å². The summed E-state index contributed by atoms with van der Waals surface area (Å²) in [6.45, 7) is 3.55. The van der Waals surface area contributed by atoms with Gasteiger partial charge >= 0.3 is 12.0 Å². The first-order valence-corrected chi connectivity index (χ1v) is 9.71. The molecule has 1 aliphatic heterocycles. The summed E-state index contributed by atoms with van der Waals surface area (Å²) in [5, 5.41) is 2.85. The number of methoxy groups -OCH3 is 3. The van der Waals surface area contributed by atoms with Gasteiger partial charge in [-0.2, -0.15) is 0 Å². The fourth-order valence-electron chi connectivity index (χ4n) is 3.39. The molecule has 0 unspecified atom stereocenters. The number of nitrogens with zero attached hydrogens (tertiary/aromatic N) is 2. The summed E-state index contributed by atoms with van der Waals surface area (Å²) in [6.07, 6.45) is 0. The van der Waals surface area contributed by atoms with E-state index >= 15 is 0 Å². The Morgan fingerprint density at radius 2 is 1.67 bits per heavy atom. The minimum Gasteiger partial charge on any atom is -0.493 e. The molecule has 0 aromatic heterocycles. The van der Waals surface area contributed by atoms with E-state index in [1.54, 1.807) is 43.4 Å². The zero-order valence-corrected chi connectivity index (χ0v) is 17.5. The molecule has 2 amide bonds. The summed E-state index contributed by atoms with van der Waals surface area (Å²) in [5.74, 6) is 0.982. The van der Waals surface area contributed by atoms with Crippen LogP contribution in [0.15, 0.2) is 42.5 Å². The van der Waals surface area contributed by atoms with Crippen LogP contribution < -0.4 is 14.8 Å². The maximum atomic E-state index is 12.6. The first-order valence-electron chi connectivity index (χ1n) is 9.71. The van der Waals surface area contributed by atoms with Gasteiger partial charge in [0.15, 0.2) is 11.5 Å². The van der Waals surface area contributed by atoms with Crippen molar-refractivity contribution >= 4 is 17.7 Å². The molecule has 0 spiro atoms. The Bertz CT molecular complexity index is 894. The van der Waals surface area contributed by atoms with Gasteiger partial charge in [-0.1, -0.05) is 12.1 Å². The highest BCUT2D eigenvalue weighted by Crippen LogP contribution is 2.28. The number of rotatable bonds is 6. The molecule has 30 heavy (non-hydrogen) atoms. The molecule has 2 aromatic rings. The molecule has 0 bridgehead atoms. The number of anilines is 1. The molecule has 1 heterocycles. The van der Waals surface area contributed by atoms with Crippen LogP contribution >= 0.6 is 0 Å². The number of urea groups is 1.